The number of amides is 2. The van der Waals surface area contributed by atoms with Gasteiger partial charge in [0.15, 0.2) is 6.61 Å². The molecule has 3 aromatic carbocycles. The molecule has 0 fully saturated rings. The number of hydrogen-bond donors (Lipinski definition) is 2. The molecule has 0 unspecified atom stereocenters. The number of nitrogens with one attached hydrogen (secondary N) is 2. The van der Waals surface area contributed by atoms with E-state index < -0.39 is 0 Å². The van der Waals surface area contributed by atoms with Gasteiger partial charge in [-0.3, -0.25) is 9.59 Å². The van der Waals surface area contributed by atoms with Gasteiger partial charge in [0.2, 0.25) is 5.91 Å². The summed E-state index contributed by atoms with van der Waals surface area (Å²) >= 11 is 0. The van der Waals surface area contributed by atoms with Crippen LogP contribution in [-0.2, 0) is 16.1 Å². The van der Waals surface area contributed by atoms with Crippen molar-refractivity contribution in [1.29, 1.82) is 0 Å². The number of hydrogen-bond acceptors (Lipinski definition) is 3. The summed E-state index contributed by atoms with van der Waals surface area (Å²) in [5.41, 5.74) is 4.19. The van der Waals surface area contributed by atoms with Gasteiger partial charge in [-0.2, -0.15) is 0 Å². The Balaban J connectivity index is 1.44. The topological polar surface area (TPSA) is 72.4 Å². The molecule has 6 nitrogen and oxygen atoms in total. The van der Waals surface area contributed by atoms with Gasteiger partial charge < -0.3 is 19.9 Å². The molecular formula is C24H19N3O3. The largest absolute Gasteiger partial charge is 0.482 e. The molecule has 1 aliphatic heterocycles. The summed E-state index contributed by atoms with van der Waals surface area (Å²) in [6.45, 7) is 0.166. The maximum absolute atomic E-state index is 12.9. The lowest BCUT2D eigenvalue weighted by atomic mass is 10.1. The van der Waals surface area contributed by atoms with Crippen LogP contribution in [0.2, 0.25) is 0 Å². The molecule has 4 aromatic rings. The van der Waals surface area contributed by atoms with E-state index in [1.165, 1.54) is 0 Å². The van der Waals surface area contributed by atoms with Gasteiger partial charge in [0.1, 0.15) is 12.3 Å². The summed E-state index contributed by atoms with van der Waals surface area (Å²) in [6.07, 6.45) is 0. The summed E-state index contributed by atoms with van der Waals surface area (Å²) in [6, 6.07) is 25.4. The number of ether oxygens (including phenoxy) is 1. The predicted molar refractivity (Wildman–Crippen MR) is 117 cm³/mol. The number of carbonyl (C=O) groups is 2. The maximum Gasteiger partial charge on any atom is 0.262 e. The highest BCUT2D eigenvalue weighted by Gasteiger charge is 2.17. The number of fused-ring (bicyclic) bond motifs is 2. The Hall–Kier alpha value is -4.06. The lowest BCUT2D eigenvalue weighted by molar-refractivity contribution is -0.118. The van der Waals surface area contributed by atoms with Crippen LogP contribution in [0.15, 0.2) is 78.9 Å². The highest BCUT2D eigenvalue weighted by Crippen LogP contribution is 2.31. The standard InChI is InChI=1S/C24H19N3O3/c28-23(25-18-10-11-22-19(13-18)26-24(29)15-30-22)14-27-20-9-5-4-8-17(20)12-21(27)16-6-2-1-3-7-16/h1-13H,14-15H2,(H,25,28)(H,26,29). The SMILES string of the molecule is O=C(Cn1c(-c2ccccc2)cc2ccccc21)Nc1ccc2c(c1)NC(=O)CO2. The van der Waals surface area contributed by atoms with Gasteiger partial charge in [0.05, 0.1) is 5.69 Å². The summed E-state index contributed by atoms with van der Waals surface area (Å²) in [7, 11) is 0. The van der Waals surface area contributed by atoms with Crippen LogP contribution in [0.1, 0.15) is 0 Å². The highest BCUT2D eigenvalue weighted by atomic mass is 16.5. The van der Waals surface area contributed by atoms with E-state index in [1.807, 2.05) is 59.2 Å². The molecule has 0 saturated carbocycles. The molecule has 2 N–H and O–H groups in total. The minimum absolute atomic E-state index is 0.00166. The number of rotatable bonds is 4. The predicted octanol–water partition coefficient (Wildman–Crippen LogP) is 4.28. The molecular weight excluding hydrogens is 378 g/mol. The zero-order valence-corrected chi connectivity index (χ0v) is 16.1. The van der Waals surface area contributed by atoms with Crippen LogP contribution in [0.5, 0.6) is 5.75 Å². The van der Waals surface area contributed by atoms with Crippen molar-refractivity contribution in [2.24, 2.45) is 0 Å². The molecule has 0 bridgehead atoms. The van der Waals surface area contributed by atoms with E-state index >= 15 is 0 Å². The third-order valence-electron chi connectivity index (χ3n) is 5.08. The van der Waals surface area contributed by atoms with E-state index in [2.05, 4.69) is 16.7 Å². The normalized spacial score (nSPS) is 12.7. The minimum atomic E-state index is -0.211. The van der Waals surface area contributed by atoms with E-state index in [0.29, 0.717) is 17.1 Å². The first kappa shape index (κ1) is 18.0. The van der Waals surface area contributed by atoms with E-state index in [4.69, 9.17) is 4.74 Å². The molecule has 0 atom stereocenters. The van der Waals surface area contributed by atoms with Crippen LogP contribution in [0.3, 0.4) is 0 Å². The molecule has 2 heterocycles. The van der Waals surface area contributed by atoms with Gasteiger partial charge in [-0.1, -0.05) is 48.5 Å². The Bertz CT molecular complexity index is 1260. The van der Waals surface area contributed by atoms with E-state index in [0.717, 1.165) is 22.2 Å². The van der Waals surface area contributed by atoms with Crippen molar-refractivity contribution in [1.82, 2.24) is 4.57 Å². The first-order valence-corrected chi connectivity index (χ1v) is 9.68. The smallest absolute Gasteiger partial charge is 0.262 e. The number of carbonyl (C=O) groups excluding carboxylic acids is 2. The van der Waals surface area contributed by atoms with Gasteiger partial charge >= 0.3 is 0 Å². The molecule has 6 heteroatoms. The number of para-hydroxylation sites is 1. The van der Waals surface area contributed by atoms with Crippen molar-refractivity contribution in [2.75, 3.05) is 17.2 Å². The van der Waals surface area contributed by atoms with Crippen LogP contribution in [0.4, 0.5) is 11.4 Å². The van der Waals surface area contributed by atoms with Crippen LogP contribution < -0.4 is 15.4 Å². The van der Waals surface area contributed by atoms with Crippen LogP contribution >= 0.6 is 0 Å². The molecule has 148 valence electrons. The van der Waals surface area contributed by atoms with Crippen LogP contribution in [0, 0.1) is 0 Å². The molecule has 0 aliphatic carbocycles. The first-order valence-electron chi connectivity index (χ1n) is 9.68. The Morgan fingerprint density at radius 3 is 2.67 bits per heavy atom. The Morgan fingerprint density at radius 1 is 1.00 bits per heavy atom. The summed E-state index contributed by atoms with van der Waals surface area (Å²) in [5, 5.41) is 6.76. The zero-order valence-electron chi connectivity index (χ0n) is 16.1. The Kier molecular flexibility index (Phi) is 4.44. The molecule has 2 amide bonds. The summed E-state index contributed by atoms with van der Waals surface area (Å²) < 4.78 is 7.38. The zero-order chi connectivity index (χ0) is 20.5. The third kappa shape index (κ3) is 3.39. The van der Waals surface area contributed by atoms with Crippen molar-refractivity contribution < 1.29 is 14.3 Å². The van der Waals surface area contributed by atoms with Gasteiger partial charge in [0.25, 0.3) is 5.91 Å². The second-order valence-electron chi connectivity index (χ2n) is 7.14. The number of nitrogens with zero attached hydrogens (tertiary/aromatic N) is 1. The molecule has 1 aliphatic rings. The average molecular weight is 397 g/mol. The summed E-state index contributed by atoms with van der Waals surface area (Å²) in [5.74, 6) is 0.226. The van der Waals surface area contributed by atoms with Gasteiger partial charge in [-0.15, -0.1) is 0 Å². The number of aromatic nitrogens is 1. The van der Waals surface area contributed by atoms with Crippen LogP contribution in [-0.4, -0.2) is 23.0 Å². The van der Waals surface area contributed by atoms with Crippen molar-refractivity contribution in [3.8, 4) is 17.0 Å². The van der Waals surface area contributed by atoms with Gasteiger partial charge in [0, 0.05) is 22.3 Å². The van der Waals surface area contributed by atoms with Gasteiger partial charge in [-0.25, -0.2) is 0 Å². The van der Waals surface area contributed by atoms with Crippen molar-refractivity contribution in [3.63, 3.8) is 0 Å². The second kappa shape index (κ2) is 7.40. The fraction of sp³-hybridized carbons (Fsp3) is 0.0833. The van der Waals surface area contributed by atoms with Crippen LogP contribution in [0.25, 0.3) is 22.2 Å². The quantitative estimate of drug-likeness (QED) is 0.540. The van der Waals surface area contributed by atoms with Crippen molar-refractivity contribution >= 4 is 34.1 Å². The highest BCUT2D eigenvalue weighted by molar-refractivity contribution is 5.98. The summed E-state index contributed by atoms with van der Waals surface area (Å²) in [4.78, 5) is 24.4. The lowest BCUT2D eigenvalue weighted by Crippen LogP contribution is -2.25. The molecule has 5 rings (SSSR count). The minimum Gasteiger partial charge on any atom is -0.482 e. The van der Waals surface area contributed by atoms with Crippen molar-refractivity contribution in [2.45, 2.75) is 6.54 Å². The molecule has 1 aromatic heterocycles. The third-order valence-corrected chi connectivity index (χ3v) is 5.08. The molecule has 30 heavy (non-hydrogen) atoms. The Morgan fingerprint density at radius 2 is 1.80 bits per heavy atom. The monoisotopic (exact) mass is 397 g/mol. The van der Waals surface area contributed by atoms with E-state index in [1.54, 1.807) is 18.2 Å². The molecule has 0 saturated heterocycles. The average Bonchev–Trinajstić information content (AvgIpc) is 3.12. The van der Waals surface area contributed by atoms with E-state index in [-0.39, 0.29) is 25.0 Å². The van der Waals surface area contributed by atoms with Gasteiger partial charge in [-0.05, 0) is 35.9 Å². The number of benzene rings is 3. The number of anilines is 2. The molecule has 0 spiro atoms. The fourth-order valence-electron chi connectivity index (χ4n) is 3.73. The fourth-order valence-corrected chi connectivity index (χ4v) is 3.73. The molecule has 0 radical (unpaired) electrons. The van der Waals surface area contributed by atoms with E-state index in [9.17, 15) is 9.59 Å². The Labute approximate surface area is 173 Å². The first-order chi connectivity index (χ1) is 14.7. The lowest BCUT2D eigenvalue weighted by Gasteiger charge is -2.19. The maximum atomic E-state index is 12.9. The second-order valence-corrected chi connectivity index (χ2v) is 7.14. The van der Waals surface area contributed by atoms with Crippen molar-refractivity contribution in [3.05, 3.63) is 78.9 Å².